The van der Waals surface area contributed by atoms with E-state index in [-0.39, 0.29) is 5.41 Å². The van der Waals surface area contributed by atoms with Crippen LogP contribution in [0.1, 0.15) is 18.9 Å². The lowest BCUT2D eigenvalue weighted by molar-refractivity contribution is 0.109. The van der Waals surface area contributed by atoms with Crippen LogP contribution < -0.4 is 5.32 Å². The Bertz CT molecular complexity index is 363. The topological polar surface area (TPSA) is 37.4 Å². The predicted molar refractivity (Wildman–Crippen MR) is 77.0 cm³/mol. The number of nitrogens with one attached hydrogen (secondary N) is 1. The maximum atomic E-state index is 5.63. The van der Waals surface area contributed by atoms with Crippen LogP contribution in [-0.2, 0) is 11.3 Å². The van der Waals surface area contributed by atoms with E-state index in [1.807, 2.05) is 19.4 Å². The largest absolute Gasteiger partial charge is 0.381 e. The Kier molecular flexibility index (Phi) is 5.31. The van der Waals surface area contributed by atoms with Gasteiger partial charge in [-0.1, -0.05) is 6.92 Å². The number of rotatable bonds is 7. The highest BCUT2D eigenvalue weighted by Crippen LogP contribution is 2.29. The summed E-state index contributed by atoms with van der Waals surface area (Å²) in [7, 11) is 2.03. The molecule has 0 aromatic carbocycles. The van der Waals surface area contributed by atoms with Crippen molar-refractivity contribution in [3.63, 3.8) is 0 Å². The van der Waals surface area contributed by atoms with Crippen molar-refractivity contribution in [1.82, 2.24) is 15.2 Å². The van der Waals surface area contributed by atoms with Crippen molar-refractivity contribution in [2.45, 2.75) is 19.9 Å². The van der Waals surface area contributed by atoms with Gasteiger partial charge in [-0.15, -0.1) is 0 Å². The second-order valence-electron chi connectivity index (χ2n) is 5.49. The van der Waals surface area contributed by atoms with Gasteiger partial charge in [-0.3, -0.25) is 9.88 Å². The van der Waals surface area contributed by atoms with Crippen molar-refractivity contribution in [3.05, 3.63) is 30.1 Å². The number of ether oxygens (including phenoxy) is 1. The molecule has 19 heavy (non-hydrogen) atoms. The van der Waals surface area contributed by atoms with Gasteiger partial charge in [0.25, 0.3) is 0 Å². The van der Waals surface area contributed by atoms with E-state index >= 15 is 0 Å². The standard InChI is InChI=1S/C15H25N3O/c1-3-18(10-14-4-7-17-8-5-14)12-15(11-16-2)6-9-19-13-15/h4-5,7-8,16H,3,6,9-13H2,1-2H3. The van der Waals surface area contributed by atoms with E-state index < -0.39 is 0 Å². The molecule has 1 aromatic heterocycles. The Hall–Kier alpha value is -0.970. The Morgan fingerprint density at radius 2 is 2.21 bits per heavy atom. The average molecular weight is 263 g/mol. The monoisotopic (exact) mass is 263 g/mol. The van der Waals surface area contributed by atoms with E-state index in [0.29, 0.717) is 0 Å². The molecule has 0 aliphatic carbocycles. The van der Waals surface area contributed by atoms with Crippen LogP contribution in [0, 0.1) is 5.41 Å². The summed E-state index contributed by atoms with van der Waals surface area (Å²) in [5.41, 5.74) is 1.60. The number of hydrogen-bond acceptors (Lipinski definition) is 4. The molecular formula is C15H25N3O. The Morgan fingerprint density at radius 1 is 1.42 bits per heavy atom. The van der Waals surface area contributed by atoms with Crippen molar-refractivity contribution in [1.29, 1.82) is 0 Å². The predicted octanol–water partition coefficient (Wildman–Crippen LogP) is 1.53. The van der Waals surface area contributed by atoms with E-state index in [0.717, 1.165) is 45.8 Å². The quantitative estimate of drug-likeness (QED) is 0.809. The third kappa shape index (κ3) is 4.00. The molecule has 4 heteroatoms. The Morgan fingerprint density at radius 3 is 2.79 bits per heavy atom. The molecule has 2 rings (SSSR count). The van der Waals surface area contributed by atoms with Crippen LogP contribution in [-0.4, -0.2) is 49.8 Å². The molecule has 4 nitrogen and oxygen atoms in total. The van der Waals surface area contributed by atoms with Crippen LogP contribution in [0.2, 0.25) is 0 Å². The van der Waals surface area contributed by atoms with E-state index in [1.54, 1.807) is 0 Å². The molecular weight excluding hydrogens is 238 g/mol. The molecule has 106 valence electrons. The molecule has 1 aromatic rings. The SMILES string of the molecule is CCN(Cc1ccncc1)CC1(CNC)CCOC1. The summed E-state index contributed by atoms with van der Waals surface area (Å²) in [6, 6.07) is 4.19. The normalized spacial score (nSPS) is 23.1. The van der Waals surface area contributed by atoms with Gasteiger partial charge in [0, 0.05) is 44.0 Å². The van der Waals surface area contributed by atoms with Gasteiger partial charge in [0.2, 0.25) is 0 Å². The van der Waals surface area contributed by atoms with Gasteiger partial charge in [-0.2, -0.15) is 0 Å². The van der Waals surface area contributed by atoms with Crippen LogP contribution in [0.4, 0.5) is 0 Å². The molecule has 1 aliphatic rings. The van der Waals surface area contributed by atoms with E-state index in [4.69, 9.17) is 4.74 Å². The summed E-state index contributed by atoms with van der Waals surface area (Å²) in [6.07, 6.45) is 4.89. The van der Waals surface area contributed by atoms with Gasteiger partial charge in [-0.05, 0) is 37.7 Å². The van der Waals surface area contributed by atoms with Crippen LogP contribution >= 0.6 is 0 Å². The first-order valence-electron chi connectivity index (χ1n) is 7.11. The lowest BCUT2D eigenvalue weighted by Gasteiger charge is -2.33. The van der Waals surface area contributed by atoms with Crippen molar-refractivity contribution in [2.75, 3.05) is 39.9 Å². The highest BCUT2D eigenvalue weighted by Gasteiger charge is 2.35. The molecule has 1 aliphatic heterocycles. The fourth-order valence-electron chi connectivity index (χ4n) is 2.84. The zero-order chi connectivity index (χ0) is 13.6. The summed E-state index contributed by atoms with van der Waals surface area (Å²) in [5, 5.41) is 3.33. The molecule has 1 saturated heterocycles. The molecule has 0 spiro atoms. The second-order valence-corrected chi connectivity index (χ2v) is 5.49. The molecule has 0 bridgehead atoms. The van der Waals surface area contributed by atoms with Crippen LogP contribution in [0.25, 0.3) is 0 Å². The lowest BCUT2D eigenvalue weighted by atomic mass is 9.86. The van der Waals surface area contributed by atoms with Gasteiger partial charge in [0.1, 0.15) is 0 Å². The summed E-state index contributed by atoms with van der Waals surface area (Å²) in [5.74, 6) is 0. The minimum absolute atomic E-state index is 0.276. The van der Waals surface area contributed by atoms with E-state index in [1.165, 1.54) is 5.56 Å². The maximum absolute atomic E-state index is 5.63. The van der Waals surface area contributed by atoms with Crippen molar-refractivity contribution < 1.29 is 4.74 Å². The lowest BCUT2D eigenvalue weighted by Crippen LogP contribution is -2.43. The van der Waals surface area contributed by atoms with Crippen molar-refractivity contribution in [2.24, 2.45) is 5.41 Å². The molecule has 0 saturated carbocycles. The Balaban J connectivity index is 1.97. The zero-order valence-electron chi connectivity index (χ0n) is 12.1. The molecule has 1 atom stereocenters. The van der Waals surface area contributed by atoms with Crippen LogP contribution in [0.3, 0.4) is 0 Å². The van der Waals surface area contributed by atoms with Crippen molar-refractivity contribution in [3.8, 4) is 0 Å². The third-order valence-corrected chi connectivity index (χ3v) is 3.90. The van der Waals surface area contributed by atoms with Gasteiger partial charge >= 0.3 is 0 Å². The molecule has 1 fully saturated rings. The van der Waals surface area contributed by atoms with Crippen molar-refractivity contribution >= 4 is 0 Å². The first-order chi connectivity index (χ1) is 9.28. The fourth-order valence-corrected chi connectivity index (χ4v) is 2.84. The van der Waals surface area contributed by atoms with E-state index in [9.17, 15) is 0 Å². The number of pyridine rings is 1. The summed E-state index contributed by atoms with van der Waals surface area (Å²) in [4.78, 5) is 6.58. The smallest absolute Gasteiger partial charge is 0.0547 e. The third-order valence-electron chi connectivity index (χ3n) is 3.90. The minimum atomic E-state index is 0.276. The number of aromatic nitrogens is 1. The van der Waals surface area contributed by atoms with Gasteiger partial charge in [-0.25, -0.2) is 0 Å². The number of hydrogen-bond donors (Lipinski definition) is 1. The van der Waals surface area contributed by atoms with Crippen LogP contribution in [0.15, 0.2) is 24.5 Å². The summed E-state index contributed by atoms with van der Waals surface area (Å²) >= 11 is 0. The van der Waals surface area contributed by atoms with Gasteiger partial charge < -0.3 is 10.1 Å². The highest BCUT2D eigenvalue weighted by molar-refractivity contribution is 5.09. The number of nitrogens with zero attached hydrogens (tertiary/aromatic N) is 2. The maximum Gasteiger partial charge on any atom is 0.0547 e. The molecule has 2 heterocycles. The highest BCUT2D eigenvalue weighted by atomic mass is 16.5. The minimum Gasteiger partial charge on any atom is -0.381 e. The Labute approximate surface area is 116 Å². The molecule has 0 amide bonds. The van der Waals surface area contributed by atoms with Gasteiger partial charge in [0.15, 0.2) is 0 Å². The van der Waals surface area contributed by atoms with E-state index in [2.05, 4.69) is 34.3 Å². The summed E-state index contributed by atoms with van der Waals surface area (Å²) < 4.78 is 5.63. The molecule has 1 unspecified atom stereocenters. The first-order valence-corrected chi connectivity index (χ1v) is 7.11. The molecule has 0 radical (unpaired) electrons. The molecule has 1 N–H and O–H groups in total. The summed E-state index contributed by atoms with van der Waals surface area (Å²) in [6.45, 7) is 8.17. The zero-order valence-corrected chi connectivity index (χ0v) is 12.1. The second kappa shape index (κ2) is 6.98. The fraction of sp³-hybridized carbons (Fsp3) is 0.667. The van der Waals surface area contributed by atoms with Crippen LogP contribution in [0.5, 0.6) is 0 Å². The van der Waals surface area contributed by atoms with Gasteiger partial charge in [0.05, 0.1) is 6.61 Å². The average Bonchev–Trinajstić information content (AvgIpc) is 2.88. The first kappa shape index (κ1) is 14.4.